The van der Waals surface area contributed by atoms with Crippen molar-refractivity contribution in [1.82, 2.24) is 0 Å². The van der Waals surface area contributed by atoms with E-state index in [9.17, 15) is 9.90 Å². The molecule has 0 aliphatic rings. The van der Waals surface area contributed by atoms with Crippen LogP contribution in [0.1, 0.15) is 55.4 Å². The summed E-state index contributed by atoms with van der Waals surface area (Å²) in [4.78, 5) is 13.1. The van der Waals surface area contributed by atoms with Crippen LogP contribution >= 0.6 is 12.2 Å². The van der Waals surface area contributed by atoms with Gasteiger partial charge in [-0.25, -0.2) is 0 Å². The van der Waals surface area contributed by atoms with E-state index in [0.717, 1.165) is 38.8 Å². The molecule has 0 saturated heterocycles. The van der Waals surface area contributed by atoms with Gasteiger partial charge in [-0.2, -0.15) is 0 Å². The van der Waals surface area contributed by atoms with Gasteiger partial charge in [0.1, 0.15) is 11.5 Å². The molecule has 0 heterocycles. The monoisotopic (exact) mass is 472 g/mol. The molecule has 0 N–H and O–H groups in total. The summed E-state index contributed by atoms with van der Waals surface area (Å²) in [6, 6.07) is 15.7. The zero-order chi connectivity index (χ0) is 23.6. The van der Waals surface area contributed by atoms with Gasteiger partial charge < -0.3 is 14.6 Å². The van der Waals surface area contributed by atoms with E-state index in [0.29, 0.717) is 5.75 Å². The van der Waals surface area contributed by atoms with Gasteiger partial charge in [-0.1, -0.05) is 49.2 Å². The summed E-state index contributed by atoms with van der Waals surface area (Å²) >= 11 is 4.83. The van der Waals surface area contributed by atoms with Crippen LogP contribution in [0.4, 0.5) is 0 Å². The molecule has 6 heteroatoms. The molecule has 3 aromatic rings. The van der Waals surface area contributed by atoms with Crippen LogP contribution in [0.25, 0.3) is 10.8 Å². The number of hydrogen-bond donors (Lipinski definition) is 0. The van der Waals surface area contributed by atoms with Gasteiger partial charge in [-0.05, 0) is 78.3 Å². The third kappa shape index (κ3) is 6.36. The van der Waals surface area contributed by atoms with Crippen LogP contribution in [-0.2, 0) is 10.2 Å². The van der Waals surface area contributed by atoms with Gasteiger partial charge in [0.2, 0.25) is 0 Å². The Morgan fingerprint density at radius 2 is 1.70 bits per heavy atom. The number of aryl methyl sites for hydroxylation is 2. The summed E-state index contributed by atoms with van der Waals surface area (Å²) < 4.78 is 11.2. The molecule has 0 aliphatic heterocycles. The van der Waals surface area contributed by atoms with Crippen molar-refractivity contribution in [2.75, 3.05) is 7.11 Å². The third-order valence-electron chi connectivity index (χ3n) is 5.84. The summed E-state index contributed by atoms with van der Waals surface area (Å²) in [5, 5.41) is 13.4. The number of methoxy groups -OCH3 is 1. The number of carbonyl (C=O) groups excluding carboxylic acids is 1. The van der Waals surface area contributed by atoms with Crippen LogP contribution in [0.15, 0.2) is 48.5 Å². The Bertz CT molecular complexity index is 1190. The topological polar surface area (TPSA) is 58.6 Å². The molecular formula is C27H29NaO4S. The maximum absolute atomic E-state index is 13.1. The Labute approximate surface area is 223 Å². The van der Waals surface area contributed by atoms with Crippen molar-refractivity contribution in [3.8, 4) is 11.5 Å². The van der Waals surface area contributed by atoms with Crippen molar-refractivity contribution in [2.45, 2.75) is 52.4 Å². The molecule has 0 amide bonds. The average molecular weight is 473 g/mol. The standard InChI is InChI=1S/C27H30O4S.Na/c1-16-11-17(2)25(27(4,5)15-24(28)32)23(12-16)31-26(29)18(3)19-7-8-21-14-22(30-6)10-9-20(21)13-19;/h7-14,18H,15H2,1-6H3,(H,28,32);/q;+1/p-1/t18-;/m0./s1. The Balaban J connectivity index is 0.00000385. The van der Waals surface area contributed by atoms with Crippen LogP contribution in [0.3, 0.4) is 0 Å². The van der Waals surface area contributed by atoms with Crippen molar-refractivity contribution in [3.63, 3.8) is 0 Å². The molecule has 33 heavy (non-hydrogen) atoms. The van der Waals surface area contributed by atoms with Crippen LogP contribution in [0.5, 0.6) is 11.5 Å². The Hall–Kier alpha value is -1.92. The number of fused-ring (bicyclic) bond motifs is 1. The normalized spacial score (nSPS) is 12.1. The molecule has 0 saturated carbocycles. The smallest absolute Gasteiger partial charge is 0.867 e. The quantitative estimate of drug-likeness (QED) is 0.229. The van der Waals surface area contributed by atoms with Crippen molar-refractivity contribution in [1.29, 1.82) is 0 Å². The minimum absolute atomic E-state index is 0. The number of ether oxygens (including phenoxy) is 2. The van der Waals surface area contributed by atoms with E-state index in [4.69, 9.17) is 21.7 Å². The number of benzene rings is 3. The Morgan fingerprint density at radius 1 is 1.06 bits per heavy atom. The fourth-order valence-electron chi connectivity index (χ4n) is 4.30. The first-order valence-electron chi connectivity index (χ1n) is 10.6. The fourth-order valence-corrected chi connectivity index (χ4v) is 4.66. The van der Waals surface area contributed by atoms with Gasteiger partial charge in [0.05, 0.1) is 13.0 Å². The zero-order valence-electron chi connectivity index (χ0n) is 20.4. The van der Waals surface area contributed by atoms with Crippen molar-refractivity contribution >= 4 is 34.0 Å². The first kappa shape index (κ1) is 27.3. The molecule has 1 atom stereocenters. The minimum Gasteiger partial charge on any atom is -0.867 e. The maximum Gasteiger partial charge on any atom is 1.00 e. The SMILES string of the molecule is COc1ccc2cc([C@H](C)C(=O)Oc3cc(C)cc(C)c3C(C)(C)CC([O-])=S)ccc2c1.[Na+]. The second kappa shape index (κ2) is 11.0. The van der Waals surface area contributed by atoms with Crippen molar-refractivity contribution < 1.29 is 48.9 Å². The molecule has 0 aromatic heterocycles. The van der Waals surface area contributed by atoms with Gasteiger partial charge in [-0.3, -0.25) is 4.79 Å². The Morgan fingerprint density at radius 3 is 2.33 bits per heavy atom. The summed E-state index contributed by atoms with van der Waals surface area (Å²) in [5.74, 6) is 0.481. The number of rotatable bonds is 7. The van der Waals surface area contributed by atoms with Crippen molar-refractivity contribution in [3.05, 3.63) is 70.8 Å². The molecule has 4 nitrogen and oxygen atoms in total. The molecule has 0 unspecified atom stereocenters. The van der Waals surface area contributed by atoms with E-state index in [-0.39, 0.29) is 47.0 Å². The number of thiocarbonyl (C=S) groups is 1. The molecule has 0 bridgehead atoms. The summed E-state index contributed by atoms with van der Waals surface area (Å²) in [7, 11) is 1.64. The van der Waals surface area contributed by atoms with E-state index in [1.54, 1.807) is 7.11 Å². The fraction of sp³-hybridized carbons (Fsp3) is 0.333. The largest absolute Gasteiger partial charge is 1.00 e. The molecule has 3 rings (SSSR count). The van der Waals surface area contributed by atoms with E-state index in [1.165, 1.54) is 0 Å². The van der Waals surface area contributed by atoms with Gasteiger partial charge in [-0.15, -0.1) is 12.2 Å². The Kier molecular flexibility index (Phi) is 9.11. The molecule has 0 aliphatic carbocycles. The first-order chi connectivity index (χ1) is 15.0. The van der Waals surface area contributed by atoms with Gasteiger partial charge in [0, 0.05) is 5.56 Å². The van der Waals surface area contributed by atoms with Gasteiger partial charge in [0.25, 0.3) is 0 Å². The van der Waals surface area contributed by atoms with E-state index in [1.807, 2.05) is 83.1 Å². The summed E-state index contributed by atoms with van der Waals surface area (Å²) in [6.45, 7) is 9.67. The average Bonchev–Trinajstić information content (AvgIpc) is 2.70. The van der Waals surface area contributed by atoms with Crippen LogP contribution in [-0.4, -0.2) is 18.1 Å². The second-order valence-electron chi connectivity index (χ2n) is 9.00. The second-order valence-corrected chi connectivity index (χ2v) is 9.46. The number of esters is 1. The molecule has 3 aromatic carbocycles. The van der Waals surface area contributed by atoms with E-state index < -0.39 is 11.3 Å². The summed E-state index contributed by atoms with van der Waals surface area (Å²) in [6.07, 6.45) is 0.195. The predicted molar refractivity (Wildman–Crippen MR) is 131 cm³/mol. The van der Waals surface area contributed by atoms with Gasteiger partial charge in [0.15, 0.2) is 0 Å². The molecule has 0 fully saturated rings. The molecule has 0 spiro atoms. The van der Waals surface area contributed by atoms with E-state index >= 15 is 0 Å². The molecule has 0 radical (unpaired) electrons. The van der Waals surface area contributed by atoms with Crippen LogP contribution < -0.4 is 44.1 Å². The van der Waals surface area contributed by atoms with Crippen LogP contribution in [0, 0.1) is 13.8 Å². The molecular weight excluding hydrogens is 443 g/mol. The maximum atomic E-state index is 13.1. The molecule has 168 valence electrons. The summed E-state index contributed by atoms with van der Waals surface area (Å²) in [5.41, 5.74) is 3.13. The zero-order valence-corrected chi connectivity index (χ0v) is 23.3. The third-order valence-corrected chi connectivity index (χ3v) is 5.99. The predicted octanol–water partition coefficient (Wildman–Crippen LogP) is 2.53. The van der Waals surface area contributed by atoms with Gasteiger partial charge >= 0.3 is 35.5 Å². The van der Waals surface area contributed by atoms with Crippen molar-refractivity contribution in [2.24, 2.45) is 0 Å². The number of hydrogen-bond acceptors (Lipinski definition) is 5. The number of carbonyl (C=O) groups is 1. The van der Waals surface area contributed by atoms with E-state index in [2.05, 4.69) is 0 Å². The first-order valence-corrected chi connectivity index (χ1v) is 11.0. The minimum atomic E-state index is -0.544. The van der Waals surface area contributed by atoms with Crippen LogP contribution in [0.2, 0.25) is 0 Å².